The standard InChI is InChI=1S/C12H15F2NO/c13-10-3-1-2-9(12(10)14)11(15)7-16-6-8-4-5-8/h1-3,8,11H,4-7,15H2. The van der Waals surface area contributed by atoms with E-state index in [9.17, 15) is 8.78 Å². The van der Waals surface area contributed by atoms with Gasteiger partial charge in [-0.05, 0) is 24.8 Å². The molecule has 0 heterocycles. The fourth-order valence-electron chi connectivity index (χ4n) is 1.54. The SMILES string of the molecule is NC(COCC1CC1)c1cccc(F)c1F. The fraction of sp³-hybridized carbons (Fsp3) is 0.500. The molecule has 2 nitrogen and oxygen atoms in total. The molecule has 2 rings (SSSR count). The molecule has 0 aromatic heterocycles. The molecule has 1 saturated carbocycles. The summed E-state index contributed by atoms with van der Waals surface area (Å²) in [4.78, 5) is 0. The molecule has 1 unspecified atom stereocenters. The molecule has 0 bridgehead atoms. The van der Waals surface area contributed by atoms with Crippen LogP contribution < -0.4 is 5.73 Å². The lowest BCUT2D eigenvalue weighted by molar-refractivity contribution is 0.111. The minimum absolute atomic E-state index is 0.177. The van der Waals surface area contributed by atoms with Crippen LogP contribution >= 0.6 is 0 Å². The molecule has 88 valence electrons. The number of rotatable bonds is 5. The Balaban J connectivity index is 1.91. The van der Waals surface area contributed by atoms with Gasteiger partial charge in [-0.25, -0.2) is 8.78 Å². The highest BCUT2D eigenvalue weighted by Gasteiger charge is 2.22. The lowest BCUT2D eigenvalue weighted by Crippen LogP contribution is -2.19. The predicted molar refractivity (Wildman–Crippen MR) is 56.8 cm³/mol. The van der Waals surface area contributed by atoms with Crippen molar-refractivity contribution in [3.05, 3.63) is 35.4 Å². The van der Waals surface area contributed by atoms with Crippen LogP contribution in [0, 0.1) is 17.6 Å². The van der Waals surface area contributed by atoms with Crippen molar-refractivity contribution in [3.8, 4) is 0 Å². The van der Waals surface area contributed by atoms with E-state index in [4.69, 9.17) is 10.5 Å². The van der Waals surface area contributed by atoms with Crippen LogP contribution in [0.4, 0.5) is 8.78 Å². The van der Waals surface area contributed by atoms with Gasteiger partial charge >= 0.3 is 0 Å². The van der Waals surface area contributed by atoms with E-state index in [1.807, 2.05) is 0 Å². The molecule has 0 aliphatic heterocycles. The zero-order valence-corrected chi connectivity index (χ0v) is 8.96. The molecule has 1 atom stereocenters. The summed E-state index contributed by atoms with van der Waals surface area (Å²) in [6.45, 7) is 0.904. The van der Waals surface area contributed by atoms with E-state index < -0.39 is 17.7 Å². The number of benzene rings is 1. The molecule has 0 saturated heterocycles. The van der Waals surface area contributed by atoms with Crippen LogP contribution in [0.15, 0.2) is 18.2 Å². The normalized spacial score (nSPS) is 17.4. The first-order valence-corrected chi connectivity index (χ1v) is 5.45. The van der Waals surface area contributed by atoms with Crippen LogP contribution in [0.2, 0.25) is 0 Å². The molecule has 0 spiro atoms. The highest BCUT2D eigenvalue weighted by atomic mass is 19.2. The van der Waals surface area contributed by atoms with Gasteiger partial charge in [0.15, 0.2) is 11.6 Å². The summed E-state index contributed by atoms with van der Waals surface area (Å²) in [7, 11) is 0. The Bertz CT molecular complexity index is 366. The van der Waals surface area contributed by atoms with Crippen molar-refractivity contribution in [2.75, 3.05) is 13.2 Å². The van der Waals surface area contributed by atoms with Crippen LogP contribution in [0.3, 0.4) is 0 Å². The number of halogens is 2. The van der Waals surface area contributed by atoms with Crippen molar-refractivity contribution < 1.29 is 13.5 Å². The van der Waals surface area contributed by atoms with E-state index >= 15 is 0 Å². The third-order valence-corrected chi connectivity index (χ3v) is 2.73. The summed E-state index contributed by atoms with van der Waals surface area (Å²) in [5.74, 6) is -1.09. The van der Waals surface area contributed by atoms with Crippen molar-refractivity contribution in [3.63, 3.8) is 0 Å². The first-order valence-electron chi connectivity index (χ1n) is 5.45. The molecule has 1 aromatic carbocycles. The Kier molecular flexibility index (Phi) is 3.51. The van der Waals surface area contributed by atoms with Crippen LogP contribution in [-0.2, 0) is 4.74 Å². The van der Waals surface area contributed by atoms with Crippen molar-refractivity contribution in [2.45, 2.75) is 18.9 Å². The zero-order valence-electron chi connectivity index (χ0n) is 8.96. The summed E-state index contributed by atoms with van der Waals surface area (Å²) >= 11 is 0. The second-order valence-electron chi connectivity index (χ2n) is 4.23. The van der Waals surface area contributed by atoms with Gasteiger partial charge in [-0.1, -0.05) is 12.1 Å². The maximum Gasteiger partial charge on any atom is 0.163 e. The van der Waals surface area contributed by atoms with Gasteiger partial charge in [-0.15, -0.1) is 0 Å². The van der Waals surface area contributed by atoms with E-state index in [1.54, 1.807) is 0 Å². The van der Waals surface area contributed by atoms with Gasteiger partial charge in [0.05, 0.1) is 12.6 Å². The van der Waals surface area contributed by atoms with Gasteiger partial charge in [0.25, 0.3) is 0 Å². The number of nitrogens with two attached hydrogens (primary N) is 1. The first-order chi connectivity index (χ1) is 7.68. The van der Waals surface area contributed by atoms with Crippen LogP contribution in [0.1, 0.15) is 24.4 Å². The average Bonchev–Trinajstić information content (AvgIpc) is 3.06. The molecular weight excluding hydrogens is 212 g/mol. The fourth-order valence-corrected chi connectivity index (χ4v) is 1.54. The van der Waals surface area contributed by atoms with Crippen molar-refractivity contribution in [1.29, 1.82) is 0 Å². The van der Waals surface area contributed by atoms with Crippen LogP contribution in [0.25, 0.3) is 0 Å². The molecule has 0 amide bonds. The monoisotopic (exact) mass is 227 g/mol. The quantitative estimate of drug-likeness (QED) is 0.838. The van der Waals surface area contributed by atoms with Gasteiger partial charge in [0.1, 0.15) is 0 Å². The summed E-state index contributed by atoms with van der Waals surface area (Å²) in [5.41, 5.74) is 5.92. The summed E-state index contributed by atoms with van der Waals surface area (Å²) in [6, 6.07) is 3.42. The maximum atomic E-state index is 13.3. The van der Waals surface area contributed by atoms with E-state index in [0.717, 1.165) is 6.07 Å². The molecular formula is C12H15F2NO. The predicted octanol–water partition coefficient (Wildman–Crippen LogP) is 2.39. The molecule has 0 radical (unpaired) electrons. The minimum atomic E-state index is -0.870. The third kappa shape index (κ3) is 2.77. The molecule has 1 aromatic rings. The average molecular weight is 227 g/mol. The Labute approximate surface area is 93.4 Å². The molecule has 1 aliphatic rings. The second kappa shape index (κ2) is 4.89. The Morgan fingerprint density at radius 1 is 1.38 bits per heavy atom. The molecule has 2 N–H and O–H groups in total. The molecule has 4 heteroatoms. The molecule has 1 aliphatic carbocycles. The van der Waals surface area contributed by atoms with E-state index in [1.165, 1.54) is 25.0 Å². The lowest BCUT2D eigenvalue weighted by Gasteiger charge is -2.13. The van der Waals surface area contributed by atoms with Crippen molar-refractivity contribution in [1.82, 2.24) is 0 Å². The van der Waals surface area contributed by atoms with E-state index in [0.29, 0.717) is 12.5 Å². The largest absolute Gasteiger partial charge is 0.379 e. The van der Waals surface area contributed by atoms with E-state index in [2.05, 4.69) is 0 Å². The minimum Gasteiger partial charge on any atom is -0.379 e. The Morgan fingerprint density at radius 3 is 2.81 bits per heavy atom. The van der Waals surface area contributed by atoms with Gasteiger partial charge in [-0.2, -0.15) is 0 Å². The summed E-state index contributed by atoms with van der Waals surface area (Å²) in [6.07, 6.45) is 2.40. The number of ether oxygens (including phenoxy) is 1. The number of hydrogen-bond donors (Lipinski definition) is 1. The summed E-state index contributed by atoms with van der Waals surface area (Å²) in [5, 5.41) is 0. The lowest BCUT2D eigenvalue weighted by atomic mass is 10.1. The third-order valence-electron chi connectivity index (χ3n) is 2.73. The number of hydrogen-bond acceptors (Lipinski definition) is 2. The van der Waals surface area contributed by atoms with Crippen molar-refractivity contribution >= 4 is 0 Å². The summed E-state index contributed by atoms with van der Waals surface area (Å²) < 4.78 is 31.6. The maximum absolute atomic E-state index is 13.3. The molecule has 16 heavy (non-hydrogen) atoms. The van der Waals surface area contributed by atoms with Gasteiger partial charge in [0, 0.05) is 12.2 Å². The smallest absolute Gasteiger partial charge is 0.163 e. The van der Waals surface area contributed by atoms with Crippen LogP contribution in [-0.4, -0.2) is 13.2 Å². The Morgan fingerprint density at radius 2 is 2.12 bits per heavy atom. The highest BCUT2D eigenvalue weighted by molar-refractivity contribution is 5.22. The zero-order chi connectivity index (χ0) is 11.5. The van der Waals surface area contributed by atoms with Crippen molar-refractivity contribution in [2.24, 2.45) is 11.7 Å². The van der Waals surface area contributed by atoms with Gasteiger partial charge in [-0.3, -0.25) is 0 Å². The topological polar surface area (TPSA) is 35.2 Å². The Hall–Kier alpha value is -1.00. The van der Waals surface area contributed by atoms with Gasteiger partial charge in [0.2, 0.25) is 0 Å². The highest BCUT2D eigenvalue weighted by Crippen LogP contribution is 2.29. The molecule has 1 fully saturated rings. The van der Waals surface area contributed by atoms with Gasteiger partial charge < -0.3 is 10.5 Å². The first kappa shape index (κ1) is 11.5. The van der Waals surface area contributed by atoms with Crippen LogP contribution in [0.5, 0.6) is 0 Å². The van der Waals surface area contributed by atoms with E-state index in [-0.39, 0.29) is 12.2 Å². The second-order valence-corrected chi connectivity index (χ2v) is 4.23.